The molecule has 2 N–H and O–H groups in total. The maximum absolute atomic E-state index is 12.2. The van der Waals surface area contributed by atoms with Gasteiger partial charge in [-0.05, 0) is 18.2 Å². The van der Waals surface area contributed by atoms with Crippen molar-refractivity contribution < 1.29 is 4.79 Å². The lowest BCUT2D eigenvalue weighted by molar-refractivity contribution is 0.0804. The zero-order valence-electron chi connectivity index (χ0n) is 10.3. The molecule has 0 spiro atoms. The van der Waals surface area contributed by atoms with Gasteiger partial charge >= 0.3 is 0 Å². The lowest BCUT2D eigenvalue weighted by atomic mass is 10.2. The monoisotopic (exact) mass is 293 g/mol. The van der Waals surface area contributed by atoms with Crippen LogP contribution in [0.2, 0.25) is 5.02 Å². The van der Waals surface area contributed by atoms with Gasteiger partial charge in [-0.1, -0.05) is 11.6 Å². The first-order chi connectivity index (χ1) is 9.04. The number of benzene rings is 1. The van der Waals surface area contributed by atoms with E-state index in [-0.39, 0.29) is 5.91 Å². The normalized spacial score (nSPS) is 10.4. The van der Waals surface area contributed by atoms with Crippen molar-refractivity contribution in [3.63, 3.8) is 0 Å². The number of carbonyl (C=O) groups is 1. The number of hydrogen-bond donors (Lipinski definition) is 1. The standard InChI is InChI=1S/C13H12ClN3OS/c1-17(6-2-5-15)13(18)12-11(16)9-7-8(14)3-4-10(9)19-12/h3-4,7H,2,6,16H2,1H3. The Hall–Kier alpha value is -1.77. The highest BCUT2D eigenvalue weighted by Gasteiger charge is 2.19. The average Bonchev–Trinajstić information content (AvgIpc) is 2.72. The molecule has 0 unspecified atom stereocenters. The van der Waals surface area contributed by atoms with Gasteiger partial charge in [0.1, 0.15) is 4.88 Å². The van der Waals surface area contributed by atoms with Crippen LogP contribution in [0.25, 0.3) is 10.1 Å². The molecule has 2 aromatic rings. The van der Waals surface area contributed by atoms with Crippen LogP contribution in [0.4, 0.5) is 5.69 Å². The second-order valence-electron chi connectivity index (χ2n) is 4.12. The minimum absolute atomic E-state index is 0.162. The molecule has 1 aromatic carbocycles. The van der Waals surface area contributed by atoms with Crippen molar-refractivity contribution in [2.45, 2.75) is 6.42 Å². The van der Waals surface area contributed by atoms with E-state index in [2.05, 4.69) is 0 Å². The zero-order valence-corrected chi connectivity index (χ0v) is 11.9. The van der Waals surface area contributed by atoms with Crippen LogP contribution in [0.1, 0.15) is 16.1 Å². The second-order valence-corrected chi connectivity index (χ2v) is 5.61. The third-order valence-corrected chi connectivity index (χ3v) is 4.20. The van der Waals surface area contributed by atoms with E-state index >= 15 is 0 Å². The number of nitrogens with two attached hydrogens (primary N) is 1. The Morgan fingerprint density at radius 2 is 2.32 bits per heavy atom. The van der Waals surface area contributed by atoms with Gasteiger partial charge in [-0.25, -0.2) is 0 Å². The van der Waals surface area contributed by atoms with Crippen LogP contribution < -0.4 is 5.73 Å². The fraction of sp³-hybridized carbons (Fsp3) is 0.231. The number of fused-ring (bicyclic) bond motifs is 1. The van der Waals surface area contributed by atoms with Crippen LogP contribution >= 0.6 is 22.9 Å². The van der Waals surface area contributed by atoms with E-state index in [0.717, 1.165) is 10.1 Å². The third-order valence-electron chi connectivity index (χ3n) is 2.79. The summed E-state index contributed by atoms with van der Waals surface area (Å²) < 4.78 is 0.930. The minimum atomic E-state index is -0.162. The Morgan fingerprint density at radius 1 is 1.58 bits per heavy atom. The number of thiophene rings is 1. The molecule has 6 heteroatoms. The summed E-state index contributed by atoms with van der Waals surface area (Å²) in [5.41, 5.74) is 6.47. The average molecular weight is 294 g/mol. The lowest BCUT2D eigenvalue weighted by Gasteiger charge is -2.14. The number of hydrogen-bond acceptors (Lipinski definition) is 4. The molecule has 1 aromatic heterocycles. The first kappa shape index (κ1) is 13.7. The molecule has 0 aliphatic carbocycles. The Morgan fingerprint density at radius 3 is 3.00 bits per heavy atom. The van der Waals surface area contributed by atoms with Crippen molar-refractivity contribution in [1.82, 2.24) is 4.90 Å². The molecule has 2 rings (SSSR count). The number of carbonyl (C=O) groups excluding carboxylic acids is 1. The summed E-state index contributed by atoms with van der Waals surface area (Å²) >= 11 is 7.27. The molecule has 98 valence electrons. The number of halogens is 1. The highest BCUT2D eigenvalue weighted by atomic mass is 35.5. The van der Waals surface area contributed by atoms with Gasteiger partial charge in [-0.3, -0.25) is 4.79 Å². The first-order valence-corrected chi connectivity index (χ1v) is 6.84. The van der Waals surface area contributed by atoms with E-state index in [1.165, 1.54) is 16.2 Å². The number of rotatable bonds is 3. The van der Waals surface area contributed by atoms with Gasteiger partial charge in [0.25, 0.3) is 5.91 Å². The summed E-state index contributed by atoms with van der Waals surface area (Å²) in [5.74, 6) is -0.162. The summed E-state index contributed by atoms with van der Waals surface area (Å²) in [4.78, 5) is 14.2. The van der Waals surface area contributed by atoms with Crippen LogP contribution in [-0.4, -0.2) is 24.4 Å². The summed E-state index contributed by atoms with van der Waals surface area (Å²) in [5, 5.41) is 9.93. The number of nitrogen functional groups attached to an aromatic ring is 1. The summed E-state index contributed by atoms with van der Waals surface area (Å²) in [6.45, 7) is 0.393. The Labute approximate surface area is 120 Å². The number of anilines is 1. The van der Waals surface area contributed by atoms with Gasteiger partial charge in [0.2, 0.25) is 0 Å². The number of nitriles is 1. The molecular weight excluding hydrogens is 282 g/mol. The van der Waals surface area contributed by atoms with E-state index in [1.54, 1.807) is 19.2 Å². The van der Waals surface area contributed by atoms with Crippen LogP contribution in [-0.2, 0) is 0 Å². The quantitative estimate of drug-likeness (QED) is 0.945. The zero-order chi connectivity index (χ0) is 14.0. The smallest absolute Gasteiger partial charge is 0.265 e. The minimum Gasteiger partial charge on any atom is -0.397 e. The number of amides is 1. The molecule has 0 bridgehead atoms. The molecule has 0 saturated carbocycles. The van der Waals surface area contributed by atoms with Crippen LogP contribution in [0.5, 0.6) is 0 Å². The van der Waals surface area contributed by atoms with E-state index in [4.69, 9.17) is 22.6 Å². The third kappa shape index (κ3) is 2.65. The van der Waals surface area contributed by atoms with Crippen LogP contribution in [0.15, 0.2) is 18.2 Å². The molecule has 0 aliphatic heterocycles. The topological polar surface area (TPSA) is 70.1 Å². The summed E-state index contributed by atoms with van der Waals surface area (Å²) in [6.07, 6.45) is 0.304. The molecule has 0 fully saturated rings. The van der Waals surface area contributed by atoms with Crippen molar-refractivity contribution >= 4 is 44.6 Å². The molecule has 1 amide bonds. The van der Waals surface area contributed by atoms with Gasteiger partial charge in [0, 0.05) is 28.7 Å². The number of nitrogens with zero attached hydrogens (tertiary/aromatic N) is 2. The molecule has 19 heavy (non-hydrogen) atoms. The van der Waals surface area contributed by atoms with Gasteiger partial charge in [-0.2, -0.15) is 5.26 Å². The first-order valence-electron chi connectivity index (χ1n) is 5.64. The van der Waals surface area contributed by atoms with Crippen molar-refractivity contribution in [2.24, 2.45) is 0 Å². The maximum Gasteiger partial charge on any atom is 0.265 e. The molecule has 1 heterocycles. The molecule has 0 aliphatic rings. The van der Waals surface area contributed by atoms with Gasteiger partial charge in [-0.15, -0.1) is 11.3 Å². The SMILES string of the molecule is CN(CCC#N)C(=O)c1sc2ccc(Cl)cc2c1N. The molecule has 0 radical (unpaired) electrons. The van der Waals surface area contributed by atoms with Crippen molar-refractivity contribution in [3.8, 4) is 6.07 Å². The van der Waals surface area contributed by atoms with Gasteiger partial charge in [0.15, 0.2) is 0 Å². The Balaban J connectivity index is 2.38. The van der Waals surface area contributed by atoms with Crippen molar-refractivity contribution in [3.05, 3.63) is 28.1 Å². The molecular formula is C13H12ClN3OS. The van der Waals surface area contributed by atoms with E-state index in [1.807, 2.05) is 12.1 Å². The fourth-order valence-electron chi connectivity index (χ4n) is 1.74. The highest BCUT2D eigenvalue weighted by molar-refractivity contribution is 7.21. The predicted octanol–water partition coefficient (Wildman–Crippen LogP) is 3.12. The van der Waals surface area contributed by atoms with E-state index in [9.17, 15) is 4.79 Å². The van der Waals surface area contributed by atoms with Crippen LogP contribution in [0.3, 0.4) is 0 Å². The Kier molecular flexibility index (Phi) is 3.93. The Bertz CT molecular complexity index is 674. The summed E-state index contributed by atoms with van der Waals surface area (Å²) in [6, 6.07) is 7.40. The largest absolute Gasteiger partial charge is 0.397 e. The predicted molar refractivity (Wildman–Crippen MR) is 78.4 cm³/mol. The second kappa shape index (κ2) is 5.47. The lowest BCUT2D eigenvalue weighted by Crippen LogP contribution is -2.27. The summed E-state index contributed by atoms with van der Waals surface area (Å²) in [7, 11) is 1.66. The van der Waals surface area contributed by atoms with Gasteiger partial charge < -0.3 is 10.6 Å². The van der Waals surface area contributed by atoms with E-state index in [0.29, 0.717) is 28.6 Å². The molecule has 0 saturated heterocycles. The molecule has 4 nitrogen and oxygen atoms in total. The van der Waals surface area contributed by atoms with Gasteiger partial charge in [0.05, 0.1) is 18.2 Å². The molecule has 0 atom stereocenters. The van der Waals surface area contributed by atoms with E-state index < -0.39 is 0 Å². The van der Waals surface area contributed by atoms with Crippen LogP contribution in [0, 0.1) is 11.3 Å². The fourth-order valence-corrected chi connectivity index (χ4v) is 3.01. The maximum atomic E-state index is 12.2. The van der Waals surface area contributed by atoms with Crippen molar-refractivity contribution in [1.29, 1.82) is 5.26 Å². The van der Waals surface area contributed by atoms with Crippen molar-refractivity contribution in [2.75, 3.05) is 19.3 Å². The highest BCUT2D eigenvalue weighted by Crippen LogP contribution is 2.35.